The van der Waals surface area contributed by atoms with Gasteiger partial charge in [0.15, 0.2) is 11.5 Å². The van der Waals surface area contributed by atoms with Crippen LogP contribution < -0.4 is 24.8 Å². The van der Waals surface area contributed by atoms with E-state index in [0.29, 0.717) is 22.8 Å². The lowest BCUT2D eigenvalue weighted by atomic mass is 10.0. The molecule has 0 aliphatic carbocycles. The molecule has 2 rings (SSSR count). The maximum Gasteiger partial charge on any atom is 0.254 e. The normalized spacial score (nSPS) is 11.6. The Balaban J connectivity index is 2.14. The molecule has 1 atom stereocenters. The first-order valence-corrected chi connectivity index (χ1v) is 9.44. The van der Waals surface area contributed by atoms with Crippen LogP contribution in [-0.2, 0) is 11.3 Å². The number of hydrogen-bond acceptors (Lipinski definition) is 5. The Labute approximate surface area is 175 Å². The van der Waals surface area contributed by atoms with Crippen molar-refractivity contribution < 1.29 is 28.2 Å². The highest BCUT2D eigenvalue weighted by Crippen LogP contribution is 2.34. The number of amides is 2. The average molecular weight is 418 g/mol. The van der Waals surface area contributed by atoms with Crippen LogP contribution in [0.1, 0.15) is 29.8 Å². The summed E-state index contributed by atoms with van der Waals surface area (Å²) in [7, 11) is 4.54. The number of ether oxygens (including phenoxy) is 3. The molecule has 0 spiro atoms. The van der Waals surface area contributed by atoms with Crippen LogP contribution >= 0.6 is 0 Å². The number of nitrogens with one attached hydrogen (secondary N) is 2. The second-order valence-electron chi connectivity index (χ2n) is 6.91. The van der Waals surface area contributed by atoms with Gasteiger partial charge in [0, 0.05) is 18.2 Å². The molecule has 2 N–H and O–H groups in total. The molecule has 0 saturated heterocycles. The van der Waals surface area contributed by atoms with Crippen LogP contribution in [0.25, 0.3) is 0 Å². The van der Waals surface area contributed by atoms with E-state index in [1.165, 1.54) is 39.5 Å². The molecule has 0 radical (unpaired) electrons. The highest BCUT2D eigenvalue weighted by atomic mass is 19.1. The van der Waals surface area contributed by atoms with Gasteiger partial charge in [-0.15, -0.1) is 0 Å². The zero-order chi connectivity index (χ0) is 22.3. The highest BCUT2D eigenvalue weighted by Gasteiger charge is 2.26. The fourth-order valence-corrected chi connectivity index (χ4v) is 2.92. The van der Waals surface area contributed by atoms with Crippen molar-refractivity contribution >= 4 is 11.8 Å². The van der Waals surface area contributed by atoms with Gasteiger partial charge < -0.3 is 24.8 Å². The van der Waals surface area contributed by atoms with Gasteiger partial charge in [-0.3, -0.25) is 9.59 Å². The van der Waals surface area contributed by atoms with Crippen LogP contribution in [0.15, 0.2) is 36.4 Å². The summed E-state index contributed by atoms with van der Waals surface area (Å²) in [6.45, 7) is 3.73. The Morgan fingerprint density at radius 1 is 0.967 bits per heavy atom. The molecule has 1 unspecified atom stereocenters. The van der Waals surface area contributed by atoms with Crippen molar-refractivity contribution in [3.8, 4) is 17.2 Å². The zero-order valence-corrected chi connectivity index (χ0v) is 17.7. The Bertz CT molecular complexity index is 901. The van der Waals surface area contributed by atoms with Gasteiger partial charge in [0.05, 0.1) is 26.9 Å². The maximum atomic E-state index is 13.9. The van der Waals surface area contributed by atoms with Crippen molar-refractivity contribution in [1.29, 1.82) is 0 Å². The molecule has 2 aromatic rings. The second kappa shape index (κ2) is 10.5. The Kier molecular flexibility index (Phi) is 8.03. The minimum atomic E-state index is -0.844. The van der Waals surface area contributed by atoms with Crippen LogP contribution in [0, 0.1) is 11.7 Å². The number of halogens is 1. The highest BCUT2D eigenvalue weighted by molar-refractivity contribution is 5.97. The fourth-order valence-electron chi connectivity index (χ4n) is 2.92. The van der Waals surface area contributed by atoms with Crippen LogP contribution in [0.2, 0.25) is 0 Å². The van der Waals surface area contributed by atoms with E-state index in [1.807, 2.05) is 0 Å². The van der Waals surface area contributed by atoms with E-state index in [4.69, 9.17) is 14.2 Å². The second-order valence-corrected chi connectivity index (χ2v) is 6.91. The van der Waals surface area contributed by atoms with Gasteiger partial charge in [-0.25, -0.2) is 4.39 Å². The van der Waals surface area contributed by atoms with Crippen molar-refractivity contribution in [2.75, 3.05) is 21.3 Å². The zero-order valence-electron chi connectivity index (χ0n) is 17.7. The average Bonchev–Trinajstić information content (AvgIpc) is 2.74. The lowest BCUT2D eigenvalue weighted by Gasteiger charge is -2.22. The molecule has 7 nitrogen and oxygen atoms in total. The minimum absolute atomic E-state index is 0.113. The number of methoxy groups -OCH3 is 3. The van der Waals surface area contributed by atoms with E-state index in [1.54, 1.807) is 32.0 Å². The molecular weight excluding hydrogens is 391 g/mol. The molecule has 0 bridgehead atoms. The lowest BCUT2D eigenvalue weighted by Crippen LogP contribution is -2.49. The van der Waals surface area contributed by atoms with Gasteiger partial charge in [-0.05, 0) is 24.1 Å². The number of hydrogen-bond donors (Lipinski definition) is 2. The first-order valence-electron chi connectivity index (χ1n) is 9.44. The summed E-state index contributed by atoms with van der Waals surface area (Å²) in [4.78, 5) is 25.2. The van der Waals surface area contributed by atoms with Gasteiger partial charge in [-0.1, -0.05) is 26.0 Å². The lowest BCUT2D eigenvalue weighted by molar-refractivity contribution is -0.124. The summed E-state index contributed by atoms with van der Waals surface area (Å²) in [5, 5.41) is 5.40. The molecule has 162 valence electrons. The number of carbonyl (C=O) groups is 2. The topological polar surface area (TPSA) is 85.9 Å². The summed E-state index contributed by atoms with van der Waals surface area (Å²) < 4.78 is 29.8. The Morgan fingerprint density at radius 3 is 2.13 bits per heavy atom. The summed E-state index contributed by atoms with van der Waals surface area (Å²) in [5.74, 6) is -0.389. The molecule has 8 heteroatoms. The predicted molar refractivity (Wildman–Crippen MR) is 110 cm³/mol. The third kappa shape index (κ3) is 5.40. The van der Waals surface area contributed by atoms with Gasteiger partial charge >= 0.3 is 0 Å². The smallest absolute Gasteiger partial charge is 0.254 e. The Morgan fingerprint density at radius 2 is 1.57 bits per heavy atom. The molecule has 0 fully saturated rings. The molecule has 0 aliphatic heterocycles. The SMILES string of the molecule is COc1cc(OC)c(OC)cc1CNC(=O)C(NC(=O)c1ccccc1F)C(C)C. The van der Waals surface area contributed by atoms with E-state index < -0.39 is 23.7 Å². The van der Waals surface area contributed by atoms with Crippen LogP contribution in [0.5, 0.6) is 17.2 Å². The first kappa shape index (κ1) is 23.0. The van der Waals surface area contributed by atoms with Crippen LogP contribution in [0.3, 0.4) is 0 Å². The molecule has 0 aliphatic rings. The van der Waals surface area contributed by atoms with Crippen molar-refractivity contribution in [3.05, 3.63) is 53.3 Å². The third-order valence-electron chi connectivity index (χ3n) is 4.59. The third-order valence-corrected chi connectivity index (χ3v) is 4.59. The van der Waals surface area contributed by atoms with Crippen molar-refractivity contribution in [2.24, 2.45) is 5.92 Å². The molecule has 30 heavy (non-hydrogen) atoms. The summed E-state index contributed by atoms with van der Waals surface area (Å²) >= 11 is 0. The summed E-state index contributed by atoms with van der Waals surface area (Å²) in [5.41, 5.74) is 0.559. The van der Waals surface area contributed by atoms with Crippen molar-refractivity contribution in [2.45, 2.75) is 26.4 Å². The van der Waals surface area contributed by atoms with Gasteiger partial charge in [-0.2, -0.15) is 0 Å². The Hall–Kier alpha value is -3.29. The summed E-state index contributed by atoms with van der Waals surface area (Å²) in [6.07, 6.45) is 0. The van der Waals surface area contributed by atoms with Gasteiger partial charge in [0.1, 0.15) is 17.6 Å². The molecule has 0 aromatic heterocycles. The molecule has 2 aromatic carbocycles. The van der Waals surface area contributed by atoms with Crippen LogP contribution in [-0.4, -0.2) is 39.2 Å². The monoisotopic (exact) mass is 418 g/mol. The van der Waals surface area contributed by atoms with Crippen LogP contribution in [0.4, 0.5) is 4.39 Å². The van der Waals surface area contributed by atoms with E-state index >= 15 is 0 Å². The van der Waals surface area contributed by atoms with E-state index in [2.05, 4.69) is 10.6 Å². The maximum absolute atomic E-state index is 13.9. The van der Waals surface area contributed by atoms with E-state index in [9.17, 15) is 14.0 Å². The molecule has 0 saturated carbocycles. The van der Waals surface area contributed by atoms with Gasteiger partial charge in [0.2, 0.25) is 5.91 Å². The minimum Gasteiger partial charge on any atom is -0.496 e. The van der Waals surface area contributed by atoms with Crippen molar-refractivity contribution in [1.82, 2.24) is 10.6 Å². The number of benzene rings is 2. The van der Waals surface area contributed by atoms with E-state index in [0.717, 1.165) is 0 Å². The van der Waals surface area contributed by atoms with Gasteiger partial charge in [0.25, 0.3) is 5.91 Å². The number of rotatable bonds is 9. The molecule has 2 amide bonds. The predicted octanol–water partition coefficient (Wildman–Crippen LogP) is 2.92. The fraction of sp³-hybridized carbons (Fsp3) is 0.364. The van der Waals surface area contributed by atoms with Crippen molar-refractivity contribution in [3.63, 3.8) is 0 Å². The summed E-state index contributed by atoms with van der Waals surface area (Å²) in [6, 6.07) is 8.15. The molecular formula is C22H27FN2O5. The largest absolute Gasteiger partial charge is 0.496 e. The standard InChI is InChI=1S/C22H27FN2O5/c1-13(2)20(25-21(26)15-8-6-7-9-16(15)23)22(27)24-12-14-10-18(29-4)19(30-5)11-17(14)28-3/h6-11,13,20H,12H2,1-5H3,(H,24,27)(H,25,26). The van der Waals surface area contributed by atoms with E-state index in [-0.39, 0.29) is 18.0 Å². The molecule has 0 heterocycles. The first-order chi connectivity index (χ1) is 14.3. The quantitative estimate of drug-likeness (QED) is 0.654. The number of carbonyl (C=O) groups excluding carboxylic acids is 2.